The van der Waals surface area contributed by atoms with Crippen molar-refractivity contribution in [2.75, 3.05) is 13.6 Å². The van der Waals surface area contributed by atoms with E-state index in [1.165, 1.54) is 0 Å². The summed E-state index contributed by atoms with van der Waals surface area (Å²) >= 11 is 0. The Hall–Kier alpha value is -1.29. The van der Waals surface area contributed by atoms with Gasteiger partial charge in [-0.1, -0.05) is 0 Å². The predicted octanol–water partition coefficient (Wildman–Crippen LogP) is -0.138. The smallest absolute Gasteiger partial charge is 0.301 e. The number of aromatic amines is 1. The molecule has 0 radical (unpaired) electrons. The molecule has 1 aliphatic rings. The number of nitrogens with zero attached hydrogens (tertiary/aromatic N) is 2. The lowest BCUT2D eigenvalue weighted by Gasteiger charge is -2.20. The number of halogens is 3. The van der Waals surface area contributed by atoms with Gasteiger partial charge in [-0.05, 0) is 7.05 Å². The summed E-state index contributed by atoms with van der Waals surface area (Å²) in [6, 6.07) is 0. The molecule has 0 aliphatic carbocycles. The summed E-state index contributed by atoms with van der Waals surface area (Å²) in [5, 5.41) is 2.04. The lowest BCUT2D eigenvalue weighted by atomic mass is 10.1. The van der Waals surface area contributed by atoms with Crippen LogP contribution in [0.2, 0.25) is 0 Å². The molecule has 0 spiro atoms. The van der Waals surface area contributed by atoms with Crippen LogP contribution in [0.5, 0.6) is 0 Å². The minimum Gasteiger partial charge on any atom is -0.301 e. The van der Waals surface area contributed by atoms with Crippen LogP contribution in [0.15, 0.2) is 4.79 Å². The normalized spacial score (nSPS) is 17.8. The number of alkyl halides is 3. The molecule has 18 heavy (non-hydrogen) atoms. The zero-order valence-electron chi connectivity index (χ0n) is 9.28. The second kappa shape index (κ2) is 3.85. The van der Waals surface area contributed by atoms with Gasteiger partial charge in [0.2, 0.25) is 0 Å². The lowest BCUT2D eigenvalue weighted by Crippen LogP contribution is -2.37. The third-order valence-electron chi connectivity index (χ3n) is 2.75. The third kappa shape index (κ3) is 1.85. The molecule has 1 N–H and O–H groups in total. The topological polar surface area (TPSA) is 75.2 Å². The minimum atomic E-state index is -5.69. The van der Waals surface area contributed by atoms with Gasteiger partial charge in [0.15, 0.2) is 0 Å². The van der Waals surface area contributed by atoms with Gasteiger partial charge in [-0.15, -0.1) is 4.09 Å². The Labute approximate surface area is 100 Å². The highest BCUT2D eigenvalue weighted by molar-refractivity contribution is 7.90. The quantitative estimate of drug-likeness (QED) is 0.779. The fraction of sp³-hybridized carbons (Fsp3) is 0.625. The van der Waals surface area contributed by atoms with Gasteiger partial charge < -0.3 is 4.90 Å². The number of likely N-dealkylation sites (N-methyl/N-ethyl adjacent to an activating group) is 1. The van der Waals surface area contributed by atoms with Crippen LogP contribution in [0.4, 0.5) is 13.2 Å². The Morgan fingerprint density at radius 1 is 1.33 bits per heavy atom. The molecule has 1 aromatic rings. The van der Waals surface area contributed by atoms with E-state index in [-0.39, 0.29) is 21.9 Å². The van der Waals surface area contributed by atoms with E-state index in [9.17, 15) is 26.4 Å². The van der Waals surface area contributed by atoms with E-state index >= 15 is 0 Å². The number of hydrogen-bond acceptors (Lipinski definition) is 4. The molecule has 0 saturated carbocycles. The molecule has 10 heteroatoms. The number of rotatable bonds is 1. The van der Waals surface area contributed by atoms with E-state index in [4.69, 9.17) is 0 Å². The maximum Gasteiger partial charge on any atom is 0.518 e. The molecule has 0 aromatic carbocycles. The van der Waals surface area contributed by atoms with Crippen molar-refractivity contribution in [3.8, 4) is 0 Å². The van der Waals surface area contributed by atoms with Crippen molar-refractivity contribution in [3.63, 3.8) is 0 Å². The van der Waals surface area contributed by atoms with Gasteiger partial charge in [-0.2, -0.15) is 21.6 Å². The molecule has 0 unspecified atom stereocenters. The fourth-order valence-electron chi connectivity index (χ4n) is 1.79. The van der Waals surface area contributed by atoms with Crippen molar-refractivity contribution in [2.24, 2.45) is 0 Å². The number of H-pyrrole nitrogens is 1. The van der Waals surface area contributed by atoms with Crippen LogP contribution >= 0.6 is 0 Å². The molecule has 2 heterocycles. The van der Waals surface area contributed by atoms with Crippen LogP contribution < -0.4 is 5.56 Å². The predicted molar refractivity (Wildman–Crippen MR) is 55.5 cm³/mol. The SMILES string of the molecule is CN1CCc2[nH]n(S(=O)(=O)C(F)(F)F)c(=O)c2C1. The highest BCUT2D eigenvalue weighted by Gasteiger charge is 2.49. The molecule has 102 valence electrons. The van der Waals surface area contributed by atoms with E-state index in [2.05, 4.69) is 0 Å². The van der Waals surface area contributed by atoms with Crippen molar-refractivity contribution >= 4 is 10.0 Å². The molecule has 0 amide bonds. The van der Waals surface area contributed by atoms with Crippen molar-refractivity contribution in [1.29, 1.82) is 0 Å². The van der Waals surface area contributed by atoms with Gasteiger partial charge in [0, 0.05) is 25.2 Å². The van der Waals surface area contributed by atoms with E-state index in [0.717, 1.165) is 0 Å². The highest BCUT2D eigenvalue weighted by atomic mass is 32.2. The summed E-state index contributed by atoms with van der Waals surface area (Å²) in [7, 11) is -4.00. The Balaban J connectivity index is 2.60. The summed E-state index contributed by atoms with van der Waals surface area (Å²) in [6.07, 6.45) is 0.307. The van der Waals surface area contributed by atoms with Crippen molar-refractivity contribution in [3.05, 3.63) is 21.6 Å². The first-order valence-corrected chi connectivity index (χ1v) is 6.42. The molecule has 0 saturated heterocycles. The summed E-state index contributed by atoms with van der Waals surface area (Å²) < 4.78 is 59.1. The number of nitrogens with one attached hydrogen (secondary N) is 1. The van der Waals surface area contributed by atoms with E-state index in [0.29, 0.717) is 13.0 Å². The van der Waals surface area contributed by atoms with Crippen LogP contribution in [0, 0.1) is 0 Å². The molecule has 2 rings (SSSR count). The van der Waals surface area contributed by atoms with Crippen LogP contribution in [-0.2, 0) is 23.0 Å². The number of fused-ring (bicyclic) bond motifs is 1. The van der Waals surface area contributed by atoms with Crippen LogP contribution in [0.1, 0.15) is 11.3 Å². The molecule has 0 atom stereocenters. The number of aromatic nitrogens is 2. The van der Waals surface area contributed by atoms with E-state index in [1.807, 2.05) is 5.10 Å². The molecule has 1 aliphatic heterocycles. The van der Waals surface area contributed by atoms with Gasteiger partial charge >= 0.3 is 15.5 Å². The molecule has 0 bridgehead atoms. The number of hydrogen-bond donors (Lipinski definition) is 1. The molecular formula is C8H10F3N3O3S. The second-order valence-electron chi connectivity index (χ2n) is 4.08. The maximum absolute atomic E-state index is 12.4. The second-order valence-corrected chi connectivity index (χ2v) is 5.86. The van der Waals surface area contributed by atoms with E-state index < -0.39 is 21.1 Å². The van der Waals surface area contributed by atoms with Crippen molar-refractivity contribution in [1.82, 2.24) is 14.1 Å². The Morgan fingerprint density at radius 2 is 1.94 bits per heavy atom. The van der Waals surface area contributed by atoms with Crippen molar-refractivity contribution < 1.29 is 21.6 Å². The van der Waals surface area contributed by atoms with Gasteiger partial charge in [0.1, 0.15) is 0 Å². The average molecular weight is 285 g/mol. The van der Waals surface area contributed by atoms with Crippen molar-refractivity contribution in [2.45, 2.75) is 18.5 Å². The molecular weight excluding hydrogens is 275 g/mol. The highest BCUT2D eigenvalue weighted by Crippen LogP contribution is 2.24. The third-order valence-corrected chi connectivity index (χ3v) is 4.07. The van der Waals surface area contributed by atoms with Gasteiger partial charge in [-0.3, -0.25) is 9.89 Å². The monoisotopic (exact) mass is 285 g/mol. The summed E-state index contributed by atoms with van der Waals surface area (Å²) in [6.45, 7) is 0.671. The van der Waals surface area contributed by atoms with Crippen LogP contribution in [0.3, 0.4) is 0 Å². The minimum absolute atomic E-state index is 0.0663. The largest absolute Gasteiger partial charge is 0.518 e. The standard InChI is InChI=1S/C8H10F3N3O3S/c1-13-3-2-6-5(4-13)7(15)14(12-6)18(16,17)8(9,10)11/h12H,2-4H2,1H3. The Morgan fingerprint density at radius 3 is 2.50 bits per heavy atom. The average Bonchev–Trinajstić information content (AvgIpc) is 2.55. The van der Waals surface area contributed by atoms with Crippen LogP contribution in [-0.4, -0.2) is 41.6 Å². The Kier molecular flexibility index (Phi) is 2.81. The zero-order valence-corrected chi connectivity index (χ0v) is 10.1. The van der Waals surface area contributed by atoms with E-state index in [1.54, 1.807) is 11.9 Å². The van der Waals surface area contributed by atoms with Gasteiger partial charge in [0.05, 0.1) is 5.56 Å². The first-order chi connectivity index (χ1) is 8.14. The first kappa shape index (κ1) is 13.1. The summed E-state index contributed by atoms with van der Waals surface area (Å²) in [5.74, 6) is 0. The Bertz CT molecular complexity index is 628. The lowest BCUT2D eigenvalue weighted by molar-refractivity contribution is -0.0450. The summed E-state index contributed by atoms with van der Waals surface area (Å²) in [4.78, 5) is 13.4. The zero-order chi connectivity index (χ0) is 13.7. The molecule has 1 aromatic heterocycles. The van der Waals surface area contributed by atoms with Gasteiger partial charge in [-0.25, -0.2) is 0 Å². The maximum atomic E-state index is 12.4. The fourth-order valence-corrected chi connectivity index (χ4v) is 2.55. The van der Waals surface area contributed by atoms with Crippen LogP contribution in [0.25, 0.3) is 0 Å². The first-order valence-electron chi connectivity index (χ1n) is 4.98. The summed E-state index contributed by atoms with van der Waals surface area (Å²) in [5.41, 5.74) is -6.35. The van der Waals surface area contributed by atoms with Gasteiger partial charge in [0.25, 0.3) is 5.56 Å². The molecule has 6 nitrogen and oxygen atoms in total. The molecule has 0 fully saturated rings.